The van der Waals surface area contributed by atoms with Gasteiger partial charge in [0.15, 0.2) is 5.82 Å². The molecule has 0 unspecified atom stereocenters. The predicted molar refractivity (Wildman–Crippen MR) is 71.1 cm³/mol. The molecule has 1 rings (SSSR count). The number of hydrogen-bond donors (Lipinski definition) is 1. The Kier molecular flexibility index (Phi) is 5.92. The monoisotopic (exact) mass is 322 g/mol. The van der Waals surface area contributed by atoms with E-state index < -0.39 is 24.5 Å². The van der Waals surface area contributed by atoms with Crippen LogP contribution in [0.1, 0.15) is 5.76 Å². The summed E-state index contributed by atoms with van der Waals surface area (Å²) in [5.74, 6) is -0.434. The first kappa shape index (κ1) is 18.0. The van der Waals surface area contributed by atoms with Crippen LogP contribution in [0.2, 0.25) is 0 Å². The van der Waals surface area contributed by atoms with Crippen LogP contribution in [0.25, 0.3) is 0 Å². The number of alkyl halides is 3. The summed E-state index contributed by atoms with van der Waals surface area (Å²) >= 11 is 0. The van der Waals surface area contributed by atoms with Crippen molar-refractivity contribution in [3.05, 3.63) is 11.8 Å². The second kappa shape index (κ2) is 7.25. The second-order valence-electron chi connectivity index (χ2n) is 4.91. The number of nitrogens with zero attached hydrogens (tertiary/aromatic N) is 3. The van der Waals surface area contributed by atoms with E-state index in [9.17, 15) is 22.8 Å². The fourth-order valence-corrected chi connectivity index (χ4v) is 1.62. The van der Waals surface area contributed by atoms with Crippen LogP contribution in [0, 0.1) is 6.92 Å². The molecule has 124 valence electrons. The first-order chi connectivity index (χ1) is 10.1. The Morgan fingerprint density at radius 1 is 1.32 bits per heavy atom. The number of amides is 2. The minimum absolute atomic E-state index is 0.169. The van der Waals surface area contributed by atoms with Gasteiger partial charge in [0.1, 0.15) is 12.3 Å². The topological polar surface area (TPSA) is 78.7 Å². The molecule has 0 saturated heterocycles. The van der Waals surface area contributed by atoms with Gasteiger partial charge in [-0.25, -0.2) is 0 Å². The largest absolute Gasteiger partial charge is 0.406 e. The zero-order valence-electron chi connectivity index (χ0n) is 12.4. The summed E-state index contributed by atoms with van der Waals surface area (Å²) in [4.78, 5) is 25.1. The third kappa shape index (κ3) is 6.57. The molecule has 1 aromatic rings. The molecule has 0 radical (unpaired) electrons. The van der Waals surface area contributed by atoms with Crippen molar-refractivity contribution in [2.75, 3.05) is 39.0 Å². The average molecular weight is 322 g/mol. The fourth-order valence-electron chi connectivity index (χ4n) is 1.62. The van der Waals surface area contributed by atoms with Gasteiger partial charge in [-0.2, -0.15) is 13.2 Å². The Balaban J connectivity index is 2.40. The number of carbonyl (C=O) groups is 2. The summed E-state index contributed by atoms with van der Waals surface area (Å²) in [6.45, 7) is -0.149. The van der Waals surface area contributed by atoms with Crippen LogP contribution in [0.3, 0.4) is 0 Å². The maximum Gasteiger partial charge on any atom is 0.406 e. The highest BCUT2D eigenvalue weighted by Gasteiger charge is 2.31. The van der Waals surface area contributed by atoms with E-state index in [-0.39, 0.29) is 18.9 Å². The van der Waals surface area contributed by atoms with Crippen LogP contribution in [0.5, 0.6) is 0 Å². The van der Waals surface area contributed by atoms with Crippen LogP contribution in [0.15, 0.2) is 10.6 Å². The van der Waals surface area contributed by atoms with E-state index in [4.69, 9.17) is 4.52 Å². The van der Waals surface area contributed by atoms with Gasteiger partial charge >= 0.3 is 6.18 Å². The van der Waals surface area contributed by atoms with Crippen LogP contribution in [0.4, 0.5) is 19.0 Å². The Hall–Kier alpha value is -2.10. The zero-order chi connectivity index (χ0) is 16.9. The molecule has 2 amide bonds. The Morgan fingerprint density at radius 3 is 2.45 bits per heavy atom. The molecule has 1 aromatic heterocycles. The lowest BCUT2D eigenvalue weighted by Crippen LogP contribution is -2.43. The van der Waals surface area contributed by atoms with Gasteiger partial charge in [-0.05, 0) is 14.0 Å². The summed E-state index contributed by atoms with van der Waals surface area (Å²) in [5.41, 5.74) is 0. The highest BCUT2D eigenvalue weighted by molar-refractivity contribution is 5.91. The van der Waals surface area contributed by atoms with Gasteiger partial charge in [-0.1, -0.05) is 5.16 Å². The van der Waals surface area contributed by atoms with Gasteiger partial charge in [-0.15, -0.1) is 0 Å². The van der Waals surface area contributed by atoms with Crippen molar-refractivity contribution in [3.63, 3.8) is 0 Å². The molecule has 0 aliphatic carbocycles. The summed E-state index contributed by atoms with van der Waals surface area (Å²) < 4.78 is 41.3. The van der Waals surface area contributed by atoms with Crippen molar-refractivity contribution >= 4 is 17.6 Å². The predicted octanol–water partition coefficient (Wildman–Crippen LogP) is 0.874. The molecule has 0 bridgehead atoms. The van der Waals surface area contributed by atoms with Gasteiger partial charge in [0.2, 0.25) is 11.8 Å². The van der Waals surface area contributed by atoms with Crippen LogP contribution in [-0.2, 0) is 9.59 Å². The van der Waals surface area contributed by atoms with Gasteiger partial charge in [0.25, 0.3) is 0 Å². The minimum atomic E-state index is -4.45. The maximum absolute atomic E-state index is 12.2. The first-order valence-electron chi connectivity index (χ1n) is 6.29. The lowest BCUT2D eigenvalue weighted by molar-refractivity contribution is -0.158. The van der Waals surface area contributed by atoms with Crippen molar-refractivity contribution in [1.29, 1.82) is 0 Å². The van der Waals surface area contributed by atoms with E-state index in [1.54, 1.807) is 6.92 Å². The van der Waals surface area contributed by atoms with E-state index in [0.717, 1.165) is 7.05 Å². The number of likely N-dealkylation sites (N-methyl/N-ethyl adjacent to an activating group) is 2. The SMILES string of the molecule is Cc1cc(NC(=O)CN(C)CC(=O)N(C)CC(F)(F)F)no1. The molecule has 0 aliphatic heterocycles. The van der Waals surface area contributed by atoms with Gasteiger partial charge in [-0.3, -0.25) is 14.5 Å². The fraction of sp³-hybridized carbons (Fsp3) is 0.583. The molecule has 0 atom stereocenters. The molecule has 0 aliphatic rings. The lowest BCUT2D eigenvalue weighted by atomic mass is 10.4. The third-order valence-electron chi connectivity index (χ3n) is 2.56. The lowest BCUT2D eigenvalue weighted by Gasteiger charge is -2.22. The first-order valence-corrected chi connectivity index (χ1v) is 6.29. The molecular formula is C12H17F3N4O3. The van der Waals surface area contributed by atoms with E-state index >= 15 is 0 Å². The smallest absolute Gasteiger partial charge is 0.360 e. The van der Waals surface area contributed by atoms with Crippen molar-refractivity contribution in [3.8, 4) is 0 Å². The number of rotatable bonds is 6. The van der Waals surface area contributed by atoms with E-state index in [0.29, 0.717) is 10.7 Å². The van der Waals surface area contributed by atoms with Crippen molar-refractivity contribution in [2.24, 2.45) is 0 Å². The van der Waals surface area contributed by atoms with Gasteiger partial charge < -0.3 is 14.7 Å². The number of carbonyl (C=O) groups excluding carboxylic acids is 2. The zero-order valence-corrected chi connectivity index (χ0v) is 12.4. The number of anilines is 1. The molecule has 1 N–H and O–H groups in total. The number of hydrogen-bond acceptors (Lipinski definition) is 5. The quantitative estimate of drug-likeness (QED) is 0.841. The van der Waals surface area contributed by atoms with E-state index in [2.05, 4.69) is 10.5 Å². The highest BCUT2D eigenvalue weighted by atomic mass is 19.4. The molecule has 0 spiro atoms. The van der Waals surface area contributed by atoms with Crippen molar-refractivity contribution < 1.29 is 27.3 Å². The Labute approximate surface area is 125 Å². The molecule has 10 heteroatoms. The molecule has 0 fully saturated rings. The number of aromatic nitrogens is 1. The standard InChI is InChI=1S/C12H17F3N4O3/c1-8-4-9(17-22-8)16-10(20)5-18(2)6-11(21)19(3)7-12(13,14)15/h4H,5-7H2,1-3H3,(H,16,17,20). The molecule has 7 nitrogen and oxygen atoms in total. The summed E-state index contributed by atoms with van der Waals surface area (Å²) in [7, 11) is 2.51. The van der Waals surface area contributed by atoms with Crippen molar-refractivity contribution in [2.45, 2.75) is 13.1 Å². The summed E-state index contributed by atoms with van der Waals surface area (Å²) in [5, 5.41) is 6.01. The maximum atomic E-state index is 12.2. The molecule has 1 heterocycles. The average Bonchev–Trinajstić information content (AvgIpc) is 2.71. The molecular weight excluding hydrogens is 305 g/mol. The summed E-state index contributed by atoms with van der Waals surface area (Å²) in [6.07, 6.45) is -4.45. The molecule has 22 heavy (non-hydrogen) atoms. The van der Waals surface area contributed by atoms with E-state index in [1.807, 2.05) is 0 Å². The van der Waals surface area contributed by atoms with Crippen molar-refractivity contribution in [1.82, 2.24) is 15.0 Å². The van der Waals surface area contributed by atoms with E-state index in [1.165, 1.54) is 18.0 Å². The highest BCUT2D eigenvalue weighted by Crippen LogP contribution is 2.15. The van der Waals surface area contributed by atoms with Crippen LogP contribution >= 0.6 is 0 Å². The van der Waals surface area contributed by atoms with Crippen LogP contribution in [-0.4, -0.2) is 66.7 Å². The number of halogens is 3. The Bertz CT molecular complexity index is 530. The number of nitrogens with one attached hydrogen (secondary N) is 1. The minimum Gasteiger partial charge on any atom is -0.360 e. The second-order valence-corrected chi connectivity index (χ2v) is 4.91. The van der Waals surface area contributed by atoms with Gasteiger partial charge in [0, 0.05) is 13.1 Å². The molecule has 0 aromatic carbocycles. The molecule has 0 saturated carbocycles. The Morgan fingerprint density at radius 2 is 1.95 bits per heavy atom. The third-order valence-corrected chi connectivity index (χ3v) is 2.56. The van der Waals surface area contributed by atoms with Crippen LogP contribution < -0.4 is 5.32 Å². The van der Waals surface area contributed by atoms with Gasteiger partial charge in [0.05, 0.1) is 13.1 Å². The normalized spacial score (nSPS) is 11.6. The number of aryl methyl sites for hydroxylation is 1. The summed E-state index contributed by atoms with van der Waals surface area (Å²) in [6, 6.07) is 1.51.